The Morgan fingerprint density at radius 1 is 1.00 bits per heavy atom. The normalized spacial score (nSPS) is 7.38. The van der Waals surface area contributed by atoms with E-state index in [1.54, 1.807) is 0 Å². The molecule has 5 nitrogen and oxygen atoms in total. The molecule has 40 valence electrons. The van der Waals surface area contributed by atoms with Gasteiger partial charge in [-0.2, -0.15) is 7.82 Å². The molecule has 0 saturated heterocycles. The second-order valence-corrected chi connectivity index (χ2v) is 1.34. The van der Waals surface area contributed by atoms with Crippen molar-refractivity contribution in [2.24, 2.45) is 0 Å². The first-order valence-corrected chi connectivity index (χ1v) is 2.19. The fraction of sp³-hybridized carbons (Fsp3) is 0. The van der Waals surface area contributed by atoms with E-state index < -0.39 is 7.82 Å². The van der Waals surface area contributed by atoms with Crippen LogP contribution in [-0.4, -0.2) is 81.0 Å². The molecule has 0 rings (SSSR count). The fourth-order valence-electron chi connectivity index (χ4n) is 0. The molecule has 0 unspecified atom stereocenters. The van der Waals surface area contributed by atoms with Crippen molar-refractivity contribution in [2.75, 3.05) is 0 Å². The van der Waals surface area contributed by atoms with Crippen LogP contribution in [0.2, 0.25) is 0 Å². The molecule has 0 atom stereocenters. The molecule has 0 aromatic rings. The van der Waals surface area contributed by atoms with Crippen molar-refractivity contribution in [1.82, 2.24) is 0 Å². The van der Waals surface area contributed by atoms with Crippen LogP contribution in [0.5, 0.6) is 0 Å². The van der Waals surface area contributed by atoms with Crippen LogP contribution >= 0.6 is 7.82 Å². The van der Waals surface area contributed by atoms with Gasteiger partial charge in [0.15, 0.2) is 0 Å². The Morgan fingerprint density at radius 2 is 1.00 bits per heavy atom. The van der Waals surface area contributed by atoms with Crippen LogP contribution < -0.4 is 14.7 Å². The summed E-state index contributed by atoms with van der Waals surface area (Å²) in [7, 11) is -5.39. The Balaban J connectivity index is -0.0000000267. The SMILES string of the molecule is O.O=P([O-])([O-])[O-].[Ca+2].[Ca+2]. The summed E-state index contributed by atoms with van der Waals surface area (Å²) in [6.45, 7) is 0. The van der Waals surface area contributed by atoms with Crippen molar-refractivity contribution >= 4 is 83.3 Å². The summed E-state index contributed by atoms with van der Waals surface area (Å²) in [5.41, 5.74) is 0. The molecule has 0 aliphatic rings. The second kappa shape index (κ2) is 9.59. The summed E-state index contributed by atoms with van der Waals surface area (Å²) in [6, 6.07) is 0. The largest absolute Gasteiger partial charge is 2.00 e. The molecule has 0 aromatic heterocycles. The van der Waals surface area contributed by atoms with Gasteiger partial charge >= 0.3 is 75.5 Å². The molecule has 2 N–H and O–H groups in total. The van der Waals surface area contributed by atoms with E-state index in [-0.39, 0.29) is 81.0 Å². The minimum absolute atomic E-state index is 0. The summed E-state index contributed by atoms with van der Waals surface area (Å²) in [5.74, 6) is 0. The van der Waals surface area contributed by atoms with E-state index in [1.165, 1.54) is 0 Å². The number of hydrogen-bond acceptors (Lipinski definition) is 4. The first kappa shape index (κ1) is 22.4. The van der Waals surface area contributed by atoms with Crippen LogP contribution in [0.1, 0.15) is 0 Å². The molecule has 0 aromatic carbocycles. The average Bonchev–Trinajstić information content (AvgIpc) is 0.722. The van der Waals surface area contributed by atoms with Gasteiger partial charge in [0, 0.05) is 0 Å². The molecule has 8 heavy (non-hydrogen) atoms. The maximum Gasteiger partial charge on any atom is 2.00 e. The van der Waals surface area contributed by atoms with Gasteiger partial charge in [0.05, 0.1) is 0 Å². The number of hydrogen-bond donors (Lipinski definition) is 0. The standard InChI is InChI=1S/2Ca.H3O4P.H2O/c;;1-5(2,3)4;/h;;(H3,1,2,3,4);1H2/q2*+2;;/p-3. The van der Waals surface area contributed by atoms with Crippen LogP contribution in [0.15, 0.2) is 0 Å². The molecule has 8 heteroatoms. The van der Waals surface area contributed by atoms with E-state index in [1.807, 2.05) is 0 Å². The topological polar surface area (TPSA) is 118 Å². The van der Waals surface area contributed by atoms with Gasteiger partial charge in [-0.15, -0.1) is 0 Å². The Hall–Kier alpha value is 2.59. The third-order valence-corrected chi connectivity index (χ3v) is 0. The first-order chi connectivity index (χ1) is 2.00. The number of rotatable bonds is 0. The Bertz CT molecular complexity index is 56.6. The minimum atomic E-state index is -5.39. The van der Waals surface area contributed by atoms with Gasteiger partial charge < -0.3 is 24.7 Å². The zero-order valence-electron chi connectivity index (χ0n) is 3.99. The van der Waals surface area contributed by atoms with E-state index in [4.69, 9.17) is 19.2 Å². The van der Waals surface area contributed by atoms with E-state index in [2.05, 4.69) is 0 Å². The van der Waals surface area contributed by atoms with E-state index >= 15 is 0 Å². The quantitative estimate of drug-likeness (QED) is 0.285. The smallest absolute Gasteiger partial charge is 0.822 e. The molecule has 0 aliphatic heterocycles. The van der Waals surface area contributed by atoms with Crippen LogP contribution in [-0.2, 0) is 4.57 Å². The maximum absolute atomic E-state index is 8.55. The number of phosphoric acid groups is 1. The van der Waals surface area contributed by atoms with Gasteiger partial charge in [-0.1, -0.05) is 0 Å². The fourth-order valence-corrected chi connectivity index (χ4v) is 0. The van der Waals surface area contributed by atoms with Crippen molar-refractivity contribution in [2.45, 2.75) is 0 Å². The average molecular weight is 193 g/mol. The molecule has 0 amide bonds. The predicted molar refractivity (Wildman–Crippen MR) is 22.7 cm³/mol. The van der Waals surface area contributed by atoms with Crippen molar-refractivity contribution in [1.29, 1.82) is 0 Å². The van der Waals surface area contributed by atoms with Crippen LogP contribution in [0.25, 0.3) is 0 Å². The third kappa shape index (κ3) is 73.8. The monoisotopic (exact) mass is 193 g/mol. The molecular weight excluding hydrogens is 191 g/mol. The Labute approximate surface area is 106 Å². The van der Waals surface area contributed by atoms with Gasteiger partial charge in [0.2, 0.25) is 0 Å². The van der Waals surface area contributed by atoms with Crippen molar-refractivity contribution in [3.05, 3.63) is 0 Å². The zero-order chi connectivity index (χ0) is 4.50. The van der Waals surface area contributed by atoms with E-state index in [0.29, 0.717) is 0 Å². The Kier molecular flexibility index (Phi) is 26.9. The van der Waals surface area contributed by atoms with Gasteiger partial charge in [0.1, 0.15) is 0 Å². The van der Waals surface area contributed by atoms with Crippen molar-refractivity contribution in [3.8, 4) is 0 Å². The molecule has 0 fully saturated rings. The second-order valence-electron chi connectivity index (χ2n) is 0.447. The van der Waals surface area contributed by atoms with Gasteiger partial charge in [0.25, 0.3) is 0 Å². The van der Waals surface area contributed by atoms with Gasteiger partial charge in [-0.25, -0.2) is 0 Å². The molecule has 0 aliphatic carbocycles. The zero-order valence-corrected chi connectivity index (χ0v) is 9.31. The first-order valence-electron chi connectivity index (χ1n) is 0.730. The molecule has 0 spiro atoms. The predicted octanol–water partition coefficient (Wildman–Crippen LogP) is -4.41. The summed E-state index contributed by atoms with van der Waals surface area (Å²) in [4.78, 5) is 25.6. The molecule has 0 bridgehead atoms. The summed E-state index contributed by atoms with van der Waals surface area (Å²) in [6.07, 6.45) is 0. The Morgan fingerprint density at radius 3 is 1.00 bits per heavy atom. The van der Waals surface area contributed by atoms with Gasteiger partial charge in [-0.3, -0.25) is 0 Å². The van der Waals surface area contributed by atoms with Gasteiger partial charge in [-0.05, 0) is 0 Å². The molecule has 0 heterocycles. The van der Waals surface area contributed by atoms with Crippen LogP contribution in [0.4, 0.5) is 0 Å². The summed E-state index contributed by atoms with van der Waals surface area (Å²) >= 11 is 0. The van der Waals surface area contributed by atoms with Crippen molar-refractivity contribution in [3.63, 3.8) is 0 Å². The molecular formula is H2Ca2O5P+. The summed E-state index contributed by atoms with van der Waals surface area (Å²) < 4.78 is 8.55. The van der Waals surface area contributed by atoms with E-state index in [9.17, 15) is 0 Å². The molecule has 0 saturated carbocycles. The van der Waals surface area contributed by atoms with E-state index in [0.717, 1.165) is 0 Å². The summed E-state index contributed by atoms with van der Waals surface area (Å²) in [5, 5.41) is 0. The van der Waals surface area contributed by atoms with Crippen LogP contribution in [0, 0.1) is 0 Å². The molecule has 0 radical (unpaired) electrons. The third-order valence-electron chi connectivity index (χ3n) is 0. The van der Waals surface area contributed by atoms with Crippen LogP contribution in [0.3, 0.4) is 0 Å². The maximum atomic E-state index is 8.55. The van der Waals surface area contributed by atoms with Crippen molar-refractivity contribution < 1.29 is 24.7 Å². The minimum Gasteiger partial charge on any atom is -0.822 e.